The Kier molecular flexibility index (Phi) is 8.60. The number of amides is 1. The molecule has 3 fully saturated rings. The van der Waals surface area contributed by atoms with E-state index in [-0.39, 0.29) is 29.7 Å². The molecule has 3 aliphatic heterocycles. The number of aromatic nitrogens is 2. The van der Waals surface area contributed by atoms with E-state index in [0.29, 0.717) is 58.8 Å². The van der Waals surface area contributed by atoms with Gasteiger partial charge in [0, 0.05) is 56.3 Å². The van der Waals surface area contributed by atoms with Gasteiger partial charge in [-0.2, -0.15) is 10.2 Å². The molecule has 2 aromatic heterocycles. The number of methoxy groups -OCH3 is 1. The molecule has 286 valence electrons. The Hall–Kier alpha value is -4.99. The number of likely N-dealkylation sites (tertiary alicyclic amines) is 2. The van der Waals surface area contributed by atoms with Gasteiger partial charge in [0.2, 0.25) is 23.6 Å². The Morgan fingerprint density at radius 1 is 1.02 bits per heavy atom. The van der Waals surface area contributed by atoms with E-state index in [1.54, 1.807) is 7.11 Å². The van der Waals surface area contributed by atoms with Crippen LogP contribution in [-0.2, 0) is 24.2 Å². The number of aliphatic hydroxyl groups is 1. The quantitative estimate of drug-likeness (QED) is 0.170. The van der Waals surface area contributed by atoms with Crippen LogP contribution >= 0.6 is 11.6 Å². The number of hydrogen-bond donors (Lipinski definition) is 2. The fourth-order valence-electron chi connectivity index (χ4n) is 10.1. The number of β-amino-alcohol motifs (C(OH)–C–C–N with tert-alkyl or cyclic N) is 1. The molecule has 2 aliphatic carbocycles. The van der Waals surface area contributed by atoms with Crippen LogP contribution in [0.15, 0.2) is 52.9 Å². The Balaban J connectivity index is 0.911. The summed E-state index contributed by atoms with van der Waals surface area (Å²) in [6, 6.07) is 19.2. The lowest BCUT2D eigenvalue weighted by Crippen LogP contribution is -2.66. The molecule has 2 N–H and O–H groups in total. The molecule has 1 amide bonds. The summed E-state index contributed by atoms with van der Waals surface area (Å²) < 4.78 is 18.7. The van der Waals surface area contributed by atoms with Crippen LogP contribution < -0.4 is 14.8 Å². The van der Waals surface area contributed by atoms with E-state index in [1.807, 2.05) is 18.2 Å². The number of fused-ring (bicyclic) bond motifs is 3. The fraction of sp³-hybridized carbons (Fsp3) is 0.409. The lowest BCUT2D eigenvalue weighted by Gasteiger charge is -2.48. The van der Waals surface area contributed by atoms with Crippen molar-refractivity contribution in [3.05, 3.63) is 92.5 Å². The molecule has 56 heavy (non-hydrogen) atoms. The first-order valence-electron chi connectivity index (χ1n) is 19.6. The van der Waals surface area contributed by atoms with Crippen molar-refractivity contribution in [2.75, 3.05) is 33.3 Å². The Labute approximate surface area is 330 Å². The lowest BCUT2D eigenvalue weighted by atomic mass is 9.88. The molecule has 5 heterocycles. The number of oxazole rings is 1. The summed E-state index contributed by atoms with van der Waals surface area (Å²) in [5.41, 5.74) is 11.2. The second kappa shape index (κ2) is 13.6. The minimum Gasteiger partial charge on any atom is -0.481 e. The van der Waals surface area contributed by atoms with Crippen molar-refractivity contribution >= 4 is 28.6 Å². The third-order valence-electron chi connectivity index (χ3n) is 12.8. The Morgan fingerprint density at radius 2 is 1.82 bits per heavy atom. The van der Waals surface area contributed by atoms with Crippen molar-refractivity contribution in [1.29, 1.82) is 5.26 Å². The number of carbonyl (C=O) groups excluding carboxylic acids is 1. The van der Waals surface area contributed by atoms with Gasteiger partial charge in [0.25, 0.3) is 0 Å². The number of pyridine rings is 1. The lowest BCUT2D eigenvalue weighted by molar-refractivity contribution is -0.120. The van der Waals surface area contributed by atoms with E-state index in [4.69, 9.17) is 35.5 Å². The van der Waals surface area contributed by atoms with Crippen molar-refractivity contribution in [2.45, 2.75) is 82.2 Å². The minimum atomic E-state index is -0.298. The summed E-state index contributed by atoms with van der Waals surface area (Å²) in [4.78, 5) is 26.1. The van der Waals surface area contributed by atoms with E-state index >= 15 is 0 Å². The number of nitrogens with one attached hydrogen (secondary N) is 1. The number of halogens is 1. The normalized spacial score (nSPS) is 22.6. The predicted octanol–water partition coefficient (Wildman–Crippen LogP) is 6.98. The molecule has 0 unspecified atom stereocenters. The van der Waals surface area contributed by atoms with Gasteiger partial charge in [-0.05, 0) is 103 Å². The highest BCUT2D eigenvalue weighted by Crippen LogP contribution is 2.46. The summed E-state index contributed by atoms with van der Waals surface area (Å²) >= 11 is 6.83. The van der Waals surface area contributed by atoms with E-state index < -0.39 is 0 Å². The highest BCUT2D eigenvalue weighted by molar-refractivity contribution is 6.31. The summed E-state index contributed by atoms with van der Waals surface area (Å²) in [5.74, 6) is 1.46. The highest BCUT2D eigenvalue weighted by atomic mass is 35.5. The van der Waals surface area contributed by atoms with E-state index in [1.165, 1.54) is 5.56 Å². The van der Waals surface area contributed by atoms with Gasteiger partial charge in [-0.25, -0.2) is 4.98 Å². The molecule has 10 rings (SSSR count). The molecule has 1 spiro atoms. The maximum absolute atomic E-state index is 11.8. The van der Waals surface area contributed by atoms with E-state index in [9.17, 15) is 15.2 Å². The van der Waals surface area contributed by atoms with Crippen molar-refractivity contribution in [3.8, 4) is 40.4 Å². The number of nitriles is 1. The zero-order chi connectivity index (χ0) is 38.3. The smallest absolute Gasteiger partial charge is 0.236 e. The maximum atomic E-state index is 11.8. The van der Waals surface area contributed by atoms with Gasteiger partial charge in [-0.15, -0.1) is 0 Å². The molecule has 12 heteroatoms. The minimum absolute atomic E-state index is 0.101. The standard InChI is InChI=1S/C44H43ClN6O5/c1-24-27(5-3-6-28(24)42-47-36-18-33-31(34(19-46)40(36)56-42)9-11-37(33)51-16-14-26(52)21-51)29-7-4-8-32-30(29)10-12-38(32)55-43-35(45)17-25(41(48-43)54-2)20-50-22-44(23-50)15-13-39(53)49-44/h3-8,17-18,26,37-38,52H,9-16,20-23H2,1-2H3,(H,49,53)/t26-,37-,38+/m1/s1. The van der Waals surface area contributed by atoms with Gasteiger partial charge in [-0.3, -0.25) is 14.6 Å². The summed E-state index contributed by atoms with van der Waals surface area (Å²) in [6.45, 7) is 5.83. The van der Waals surface area contributed by atoms with Crippen molar-refractivity contribution in [1.82, 2.24) is 25.1 Å². The molecule has 5 aromatic rings. The van der Waals surface area contributed by atoms with Crippen molar-refractivity contribution < 1.29 is 23.8 Å². The summed E-state index contributed by atoms with van der Waals surface area (Å²) in [5, 5.41) is 24.1. The molecule has 3 saturated heterocycles. The van der Waals surface area contributed by atoms with Gasteiger partial charge in [0.05, 0.1) is 18.8 Å². The van der Waals surface area contributed by atoms with Crippen molar-refractivity contribution in [2.24, 2.45) is 0 Å². The topological polar surface area (TPSA) is 137 Å². The number of nitrogens with zero attached hydrogens (tertiary/aromatic N) is 5. The zero-order valence-corrected chi connectivity index (χ0v) is 32.3. The van der Waals surface area contributed by atoms with Crippen LogP contribution in [0.2, 0.25) is 5.02 Å². The molecular formula is C44H43ClN6O5. The summed E-state index contributed by atoms with van der Waals surface area (Å²) in [6.07, 6.45) is 5.06. The third-order valence-corrected chi connectivity index (χ3v) is 13.0. The number of aliphatic hydroxyl groups excluding tert-OH is 1. The van der Waals surface area contributed by atoms with Gasteiger partial charge in [-0.1, -0.05) is 41.9 Å². The molecular weight excluding hydrogens is 728 g/mol. The van der Waals surface area contributed by atoms with Crippen LogP contribution in [0, 0.1) is 18.3 Å². The van der Waals surface area contributed by atoms with Crippen LogP contribution in [0.25, 0.3) is 33.7 Å². The van der Waals surface area contributed by atoms with E-state index in [2.05, 4.69) is 58.4 Å². The van der Waals surface area contributed by atoms with Crippen LogP contribution in [0.1, 0.15) is 83.2 Å². The summed E-state index contributed by atoms with van der Waals surface area (Å²) in [7, 11) is 1.61. The second-order valence-electron chi connectivity index (χ2n) is 16.2. The SMILES string of the molecule is COc1nc(O[C@H]2CCc3c(-c4cccc(-c5nc6cc7c(c(C#N)c6o5)CC[C@H]7N5CC[C@@H](O)C5)c4C)cccc32)c(Cl)cc1CN1CC2(CCC(=O)N2)C1. The van der Waals surface area contributed by atoms with Crippen LogP contribution in [0.3, 0.4) is 0 Å². The molecule has 3 atom stereocenters. The molecule has 0 bridgehead atoms. The number of hydrogen-bond acceptors (Lipinski definition) is 10. The molecule has 5 aliphatic rings. The number of ether oxygens (including phenoxy) is 2. The Morgan fingerprint density at radius 3 is 2.59 bits per heavy atom. The first-order valence-corrected chi connectivity index (χ1v) is 20.0. The number of rotatable bonds is 8. The van der Waals surface area contributed by atoms with Gasteiger partial charge in [0.1, 0.15) is 28.3 Å². The molecule has 3 aromatic carbocycles. The monoisotopic (exact) mass is 770 g/mol. The molecule has 11 nitrogen and oxygen atoms in total. The predicted molar refractivity (Wildman–Crippen MR) is 210 cm³/mol. The van der Waals surface area contributed by atoms with Gasteiger partial charge in [0.15, 0.2) is 5.58 Å². The Bertz CT molecular complexity index is 2470. The first kappa shape index (κ1) is 35.4. The molecule has 0 saturated carbocycles. The van der Waals surface area contributed by atoms with Crippen LogP contribution in [0.4, 0.5) is 0 Å². The average Bonchev–Trinajstić information content (AvgIpc) is 4.03. The first-order chi connectivity index (χ1) is 27.2. The maximum Gasteiger partial charge on any atom is 0.236 e. The van der Waals surface area contributed by atoms with Crippen molar-refractivity contribution in [3.63, 3.8) is 0 Å². The van der Waals surface area contributed by atoms with Crippen LogP contribution in [-0.4, -0.2) is 75.7 Å². The van der Waals surface area contributed by atoms with Gasteiger partial charge >= 0.3 is 0 Å². The van der Waals surface area contributed by atoms with Crippen LogP contribution in [0.5, 0.6) is 11.8 Å². The van der Waals surface area contributed by atoms with Gasteiger partial charge < -0.3 is 24.3 Å². The highest BCUT2D eigenvalue weighted by Gasteiger charge is 2.47. The molecule has 0 radical (unpaired) electrons. The zero-order valence-electron chi connectivity index (χ0n) is 31.5. The largest absolute Gasteiger partial charge is 0.481 e. The van der Waals surface area contributed by atoms with E-state index in [0.717, 1.165) is 103 Å². The second-order valence-corrected chi connectivity index (χ2v) is 16.6. The average molecular weight is 771 g/mol. The third kappa shape index (κ3) is 5.85. The number of benzene rings is 3. The number of carbonyl (C=O) groups is 1. The fourth-order valence-corrected chi connectivity index (χ4v) is 10.3.